The molecule has 6 heteroatoms. The predicted octanol–water partition coefficient (Wildman–Crippen LogP) is 8.91. The fraction of sp³-hybridized carbons (Fsp3) is 0.474. The summed E-state index contributed by atoms with van der Waals surface area (Å²) in [5.74, 6) is 1.39. The first-order valence-corrected chi connectivity index (χ1v) is 16.9. The predicted molar refractivity (Wildman–Crippen MR) is 180 cm³/mol. The van der Waals surface area contributed by atoms with Gasteiger partial charge < -0.3 is 19.9 Å². The molecule has 3 aromatic carbocycles. The minimum atomic E-state index is -0.351. The molecule has 0 radical (unpaired) electrons. The Labute approximate surface area is 263 Å². The van der Waals surface area contributed by atoms with E-state index in [9.17, 15) is 9.59 Å². The first-order chi connectivity index (χ1) is 21.6. The van der Waals surface area contributed by atoms with Crippen molar-refractivity contribution in [3.8, 4) is 11.5 Å². The van der Waals surface area contributed by atoms with Crippen molar-refractivity contribution in [1.82, 2.24) is 4.90 Å². The molecule has 0 bridgehead atoms. The van der Waals surface area contributed by atoms with Gasteiger partial charge in [0.1, 0.15) is 11.5 Å². The van der Waals surface area contributed by atoms with Crippen LogP contribution in [0, 0.1) is 0 Å². The number of anilines is 2. The van der Waals surface area contributed by atoms with Gasteiger partial charge >= 0.3 is 0 Å². The number of hydrogen-bond acceptors (Lipinski definition) is 4. The van der Waals surface area contributed by atoms with E-state index < -0.39 is 0 Å². The second-order valence-corrected chi connectivity index (χ2v) is 12.3. The minimum absolute atomic E-state index is 0.0945. The van der Waals surface area contributed by atoms with Gasteiger partial charge in [0.2, 0.25) is 11.8 Å². The fourth-order valence-corrected chi connectivity index (χ4v) is 6.47. The lowest BCUT2D eigenvalue weighted by atomic mass is 9.86. The number of ether oxygens (including phenoxy) is 1. The van der Waals surface area contributed by atoms with Crippen LogP contribution in [-0.4, -0.2) is 42.9 Å². The highest BCUT2D eigenvalue weighted by Gasteiger charge is 2.36. The zero-order valence-corrected chi connectivity index (χ0v) is 26.4. The molecule has 0 aliphatic carbocycles. The summed E-state index contributed by atoms with van der Waals surface area (Å²) < 4.78 is 6.10. The summed E-state index contributed by atoms with van der Waals surface area (Å²) in [6.45, 7) is 5.13. The number of fused-ring (bicyclic) bond motifs is 2. The lowest BCUT2D eigenvalue weighted by Gasteiger charge is -2.38. The highest BCUT2D eigenvalue weighted by Crippen LogP contribution is 2.44. The number of para-hydroxylation sites is 2. The van der Waals surface area contributed by atoms with E-state index in [0.717, 1.165) is 59.9 Å². The molecule has 2 aliphatic rings. The molecule has 1 saturated heterocycles. The van der Waals surface area contributed by atoms with Crippen LogP contribution in [0.2, 0.25) is 0 Å². The van der Waals surface area contributed by atoms with Crippen molar-refractivity contribution in [3.63, 3.8) is 0 Å². The molecule has 2 aliphatic heterocycles. The SMILES string of the molecule is CCCCCCCCCCCCCC(=O)Nc1ccc(N2CCN(C(=O)C3c4ccccc4Oc4ccccc43)CC2)cc1. The number of unbranched alkanes of at least 4 members (excludes halogenated alkanes) is 10. The van der Waals surface area contributed by atoms with Gasteiger partial charge in [-0.1, -0.05) is 108 Å². The third-order valence-corrected chi connectivity index (χ3v) is 9.04. The summed E-state index contributed by atoms with van der Waals surface area (Å²) in [4.78, 5) is 30.7. The van der Waals surface area contributed by atoms with Crippen LogP contribution in [0.25, 0.3) is 0 Å². The first-order valence-electron chi connectivity index (χ1n) is 16.9. The number of carbonyl (C=O) groups is 2. The van der Waals surface area contributed by atoms with Gasteiger partial charge in [0.15, 0.2) is 0 Å². The molecule has 2 amide bonds. The topological polar surface area (TPSA) is 61.9 Å². The Bertz CT molecular complexity index is 1300. The van der Waals surface area contributed by atoms with E-state index in [2.05, 4.69) is 29.3 Å². The molecule has 6 nitrogen and oxygen atoms in total. The summed E-state index contributed by atoms with van der Waals surface area (Å²) in [5.41, 5.74) is 3.81. The number of amides is 2. The van der Waals surface area contributed by atoms with Crippen molar-refractivity contribution >= 4 is 23.2 Å². The third-order valence-electron chi connectivity index (χ3n) is 9.04. The van der Waals surface area contributed by atoms with Crippen molar-refractivity contribution in [1.29, 1.82) is 0 Å². The van der Waals surface area contributed by atoms with Gasteiger partial charge in [0.05, 0.1) is 5.92 Å². The van der Waals surface area contributed by atoms with E-state index in [1.165, 1.54) is 57.8 Å². The van der Waals surface area contributed by atoms with E-state index in [0.29, 0.717) is 19.5 Å². The molecule has 234 valence electrons. The average molecular weight is 596 g/mol. The van der Waals surface area contributed by atoms with Gasteiger partial charge in [-0.2, -0.15) is 0 Å². The summed E-state index contributed by atoms with van der Waals surface area (Å²) in [7, 11) is 0. The maximum Gasteiger partial charge on any atom is 0.234 e. The normalized spacial score (nSPS) is 14.5. The first kappa shape index (κ1) is 31.6. The summed E-state index contributed by atoms with van der Waals surface area (Å²) >= 11 is 0. The summed E-state index contributed by atoms with van der Waals surface area (Å²) in [6.07, 6.45) is 14.7. The Morgan fingerprint density at radius 2 is 1.20 bits per heavy atom. The van der Waals surface area contributed by atoms with Gasteiger partial charge in [-0.25, -0.2) is 0 Å². The van der Waals surface area contributed by atoms with Crippen molar-refractivity contribution < 1.29 is 14.3 Å². The van der Waals surface area contributed by atoms with Crippen LogP contribution in [0.5, 0.6) is 11.5 Å². The monoisotopic (exact) mass is 595 g/mol. The molecule has 5 rings (SSSR count). The van der Waals surface area contributed by atoms with Crippen LogP contribution in [0.15, 0.2) is 72.8 Å². The second kappa shape index (κ2) is 16.3. The van der Waals surface area contributed by atoms with Gasteiger partial charge in [-0.15, -0.1) is 0 Å². The Hall–Kier alpha value is -3.80. The molecule has 1 fully saturated rings. The van der Waals surface area contributed by atoms with Gasteiger partial charge in [0.25, 0.3) is 0 Å². The average Bonchev–Trinajstić information content (AvgIpc) is 3.06. The molecule has 0 unspecified atom stereocenters. The van der Waals surface area contributed by atoms with Gasteiger partial charge in [-0.3, -0.25) is 9.59 Å². The van der Waals surface area contributed by atoms with Crippen molar-refractivity contribution in [3.05, 3.63) is 83.9 Å². The van der Waals surface area contributed by atoms with Crippen LogP contribution in [0.3, 0.4) is 0 Å². The standard InChI is InChI=1S/C38H49N3O3/c1-2-3-4-5-6-7-8-9-10-11-12-21-36(42)39-30-22-24-31(25-23-30)40-26-28-41(29-27-40)38(43)37-32-17-13-15-19-34(32)44-35-20-16-14-18-33(35)37/h13-20,22-25,37H,2-12,21,26-29H2,1H3,(H,39,42). The van der Waals surface area contributed by atoms with Crippen molar-refractivity contribution in [2.24, 2.45) is 0 Å². The second-order valence-electron chi connectivity index (χ2n) is 12.3. The number of nitrogens with one attached hydrogen (secondary N) is 1. The van der Waals surface area contributed by atoms with Crippen LogP contribution in [-0.2, 0) is 9.59 Å². The molecule has 0 saturated carbocycles. The van der Waals surface area contributed by atoms with E-state index >= 15 is 0 Å². The molecule has 0 spiro atoms. The van der Waals surface area contributed by atoms with Gasteiger partial charge in [-0.05, 0) is 42.8 Å². The van der Waals surface area contributed by atoms with E-state index in [1.54, 1.807) is 0 Å². The highest BCUT2D eigenvalue weighted by molar-refractivity contribution is 5.91. The van der Waals surface area contributed by atoms with Crippen LogP contribution in [0.1, 0.15) is 101 Å². The zero-order chi connectivity index (χ0) is 30.6. The van der Waals surface area contributed by atoms with Gasteiger partial charge in [0, 0.05) is 55.1 Å². The van der Waals surface area contributed by atoms with Crippen LogP contribution in [0.4, 0.5) is 11.4 Å². The zero-order valence-electron chi connectivity index (χ0n) is 26.4. The molecule has 1 N–H and O–H groups in total. The number of rotatable bonds is 15. The largest absolute Gasteiger partial charge is 0.457 e. The molecule has 44 heavy (non-hydrogen) atoms. The number of nitrogens with zero attached hydrogens (tertiary/aromatic N) is 2. The molecule has 3 aromatic rings. The molecule has 2 heterocycles. The number of carbonyl (C=O) groups excluding carboxylic acids is 2. The Kier molecular flexibility index (Phi) is 11.7. The lowest BCUT2D eigenvalue weighted by molar-refractivity contribution is -0.132. The Morgan fingerprint density at radius 3 is 1.77 bits per heavy atom. The smallest absolute Gasteiger partial charge is 0.234 e. The Morgan fingerprint density at radius 1 is 0.682 bits per heavy atom. The number of piperazine rings is 1. The maximum atomic E-state index is 13.9. The van der Waals surface area contributed by atoms with E-state index in [-0.39, 0.29) is 17.7 Å². The molecular formula is C38H49N3O3. The minimum Gasteiger partial charge on any atom is -0.457 e. The van der Waals surface area contributed by atoms with E-state index in [4.69, 9.17) is 4.74 Å². The molecule has 0 atom stereocenters. The summed E-state index contributed by atoms with van der Waals surface area (Å²) in [5, 5.41) is 3.06. The number of hydrogen-bond donors (Lipinski definition) is 1. The maximum absolute atomic E-state index is 13.9. The Balaban J connectivity index is 1.03. The molecular weight excluding hydrogens is 546 g/mol. The van der Waals surface area contributed by atoms with Crippen molar-refractivity contribution in [2.75, 3.05) is 36.4 Å². The van der Waals surface area contributed by atoms with Crippen molar-refractivity contribution in [2.45, 2.75) is 89.9 Å². The quantitative estimate of drug-likeness (QED) is 0.178. The highest BCUT2D eigenvalue weighted by atomic mass is 16.5. The lowest BCUT2D eigenvalue weighted by Crippen LogP contribution is -2.50. The van der Waals surface area contributed by atoms with Crippen LogP contribution >= 0.6 is 0 Å². The number of benzene rings is 3. The third kappa shape index (κ3) is 8.43. The van der Waals surface area contributed by atoms with E-state index in [1.807, 2.05) is 65.6 Å². The summed E-state index contributed by atoms with van der Waals surface area (Å²) in [6, 6.07) is 23.8. The van der Waals surface area contributed by atoms with Crippen LogP contribution < -0.4 is 15.0 Å². The molecule has 0 aromatic heterocycles. The fourth-order valence-electron chi connectivity index (χ4n) is 6.47.